The predicted molar refractivity (Wildman–Crippen MR) is 83.8 cm³/mol. The first-order valence-electron chi connectivity index (χ1n) is 7.07. The van der Waals surface area contributed by atoms with Crippen LogP contribution in [0.15, 0.2) is 11.1 Å². The van der Waals surface area contributed by atoms with E-state index in [1.807, 2.05) is 32.5 Å². The third-order valence-electron chi connectivity index (χ3n) is 3.39. The topological polar surface area (TPSA) is 72.9 Å². The maximum Gasteiger partial charge on any atom is 0.237 e. The number of amides is 1. The molecule has 1 aromatic heterocycles. The van der Waals surface area contributed by atoms with Crippen LogP contribution < -0.4 is 11.1 Å². The summed E-state index contributed by atoms with van der Waals surface area (Å²) in [5, 5.41) is 8.69. The van der Waals surface area contributed by atoms with Crippen molar-refractivity contribution in [2.75, 3.05) is 12.3 Å². The van der Waals surface area contributed by atoms with E-state index >= 15 is 0 Å². The first kappa shape index (κ1) is 17.0. The molecule has 0 aromatic carbocycles. The first-order valence-corrected chi connectivity index (χ1v) is 8.06. The number of hydrogen-bond acceptors (Lipinski definition) is 4. The molecule has 0 saturated heterocycles. The maximum atomic E-state index is 11.5. The lowest BCUT2D eigenvalue weighted by molar-refractivity contribution is -0.124. The number of primary amides is 1. The van der Waals surface area contributed by atoms with Gasteiger partial charge in [-0.2, -0.15) is 5.10 Å². The normalized spacial score (nSPS) is 14.2. The van der Waals surface area contributed by atoms with Crippen LogP contribution in [0.2, 0.25) is 0 Å². The second kappa shape index (κ2) is 7.69. The van der Waals surface area contributed by atoms with E-state index in [2.05, 4.69) is 16.5 Å². The third kappa shape index (κ3) is 4.83. The Kier molecular flexibility index (Phi) is 6.55. The van der Waals surface area contributed by atoms with Gasteiger partial charge in [0.25, 0.3) is 0 Å². The van der Waals surface area contributed by atoms with Crippen LogP contribution in [-0.4, -0.2) is 33.5 Å². The highest BCUT2D eigenvalue weighted by Crippen LogP contribution is 2.21. The van der Waals surface area contributed by atoms with Crippen LogP contribution in [0.1, 0.15) is 38.8 Å². The highest BCUT2D eigenvalue weighted by Gasteiger charge is 2.28. The molecule has 0 spiro atoms. The molecule has 0 radical (unpaired) electrons. The first-order chi connectivity index (χ1) is 9.39. The zero-order valence-electron chi connectivity index (χ0n) is 12.9. The van der Waals surface area contributed by atoms with Gasteiger partial charge in [0, 0.05) is 7.05 Å². The van der Waals surface area contributed by atoms with Crippen LogP contribution in [0.4, 0.5) is 0 Å². The maximum absolute atomic E-state index is 11.5. The minimum Gasteiger partial charge on any atom is -0.368 e. The largest absolute Gasteiger partial charge is 0.368 e. The summed E-state index contributed by atoms with van der Waals surface area (Å²) < 4.78 is 1.91. The van der Waals surface area contributed by atoms with Gasteiger partial charge >= 0.3 is 0 Å². The Bertz CT molecular complexity index is 446. The molecule has 1 amide bonds. The fraction of sp³-hybridized carbons (Fsp3) is 0.714. The molecule has 1 unspecified atom stereocenters. The Morgan fingerprint density at radius 1 is 1.55 bits per heavy atom. The highest BCUT2D eigenvalue weighted by molar-refractivity contribution is 7.99. The number of rotatable bonds is 9. The second-order valence-corrected chi connectivity index (χ2v) is 6.40. The molecule has 0 bridgehead atoms. The summed E-state index contributed by atoms with van der Waals surface area (Å²) in [6.45, 7) is 6.62. The molecule has 1 heterocycles. The number of thioether (sulfide) groups is 1. The summed E-state index contributed by atoms with van der Waals surface area (Å²) in [5.74, 6) is 0.759. The van der Waals surface area contributed by atoms with E-state index in [9.17, 15) is 4.79 Å². The van der Waals surface area contributed by atoms with Gasteiger partial charge in [0.1, 0.15) is 0 Å². The average molecular weight is 298 g/mol. The molecule has 1 aromatic rings. The van der Waals surface area contributed by atoms with Crippen LogP contribution in [0.5, 0.6) is 0 Å². The quantitative estimate of drug-likeness (QED) is 0.539. The molecule has 0 fully saturated rings. The van der Waals surface area contributed by atoms with Gasteiger partial charge in [-0.1, -0.05) is 13.3 Å². The van der Waals surface area contributed by atoms with Crippen LogP contribution in [0, 0.1) is 6.92 Å². The molecule has 1 atom stereocenters. The van der Waals surface area contributed by atoms with Gasteiger partial charge in [-0.05, 0) is 45.1 Å². The van der Waals surface area contributed by atoms with E-state index in [0.717, 1.165) is 37.3 Å². The van der Waals surface area contributed by atoms with Crippen LogP contribution >= 0.6 is 11.8 Å². The number of aromatic nitrogens is 2. The van der Waals surface area contributed by atoms with Crippen molar-refractivity contribution < 1.29 is 4.79 Å². The van der Waals surface area contributed by atoms with Crippen molar-refractivity contribution in [3.8, 4) is 0 Å². The van der Waals surface area contributed by atoms with Gasteiger partial charge in [-0.25, -0.2) is 0 Å². The minimum absolute atomic E-state index is 0.269. The zero-order valence-corrected chi connectivity index (χ0v) is 13.7. The summed E-state index contributed by atoms with van der Waals surface area (Å²) in [7, 11) is 1.96. The molecule has 5 nitrogen and oxygen atoms in total. The molecular formula is C14H26N4OS. The Morgan fingerprint density at radius 2 is 2.25 bits per heavy atom. The lowest BCUT2D eigenvalue weighted by Gasteiger charge is -2.26. The summed E-state index contributed by atoms with van der Waals surface area (Å²) >= 11 is 1.80. The van der Waals surface area contributed by atoms with Gasteiger partial charge in [-0.3, -0.25) is 9.48 Å². The predicted octanol–water partition coefficient (Wildman–Crippen LogP) is 1.84. The van der Waals surface area contributed by atoms with Gasteiger partial charge < -0.3 is 11.1 Å². The molecule has 114 valence electrons. The van der Waals surface area contributed by atoms with Crippen molar-refractivity contribution >= 4 is 17.7 Å². The zero-order chi connectivity index (χ0) is 15.2. The molecule has 0 aliphatic heterocycles. The van der Waals surface area contributed by atoms with Crippen molar-refractivity contribution in [2.45, 2.75) is 50.6 Å². The van der Waals surface area contributed by atoms with E-state index in [-0.39, 0.29) is 5.91 Å². The summed E-state index contributed by atoms with van der Waals surface area (Å²) in [6.07, 6.45) is 2.82. The smallest absolute Gasteiger partial charge is 0.237 e. The Morgan fingerprint density at radius 3 is 2.75 bits per heavy atom. The van der Waals surface area contributed by atoms with Crippen LogP contribution in [0.25, 0.3) is 0 Å². The average Bonchev–Trinajstić information content (AvgIpc) is 2.67. The molecule has 0 aliphatic carbocycles. The lowest BCUT2D eigenvalue weighted by Crippen LogP contribution is -2.52. The fourth-order valence-electron chi connectivity index (χ4n) is 2.17. The molecule has 3 N–H and O–H groups in total. The van der Waals surface area contributed by atoms with E-state index < -0.39 is 5.54 Å². The van der Waals surface area contributed by atoms with Crippen molar-refractivity contribution in [3.05, 3.63) is 11.8 Å². The van der Waals surface area contributed by atoms with Crippen molar-refractivity contribution in [2.24, 2.45) is 12.8 Å². The number of aryl methyl sites for hydroxylation is 2. The van der Waals surface area contributed by atoms with Crippen molar-refractivity contribution in [1.29, 1.82) is 0 Å². The van der Waals surface area contributed by atoms with Crippen LogP contribution in [-0.2, 0) is 11.8 Å². The molecule has 20 heavy (non-hydrogen) atoms. The van der Waals surface area contributed by atoms with E-state index in [1.54, 1.807) is 11.8 Å². The summed E-state index contributed by atoms with van der Waals surface area (Å²) in [4.78, 5) is 11.5. The Balaban J connectivity index is 2.31. The minimum atomic E-state index is -0.581. The number of nitrogens with zero attached hydrogens (tertiary/aromatic N) is 2. The molecule has 6 heteroatoms. The second-order valence-electron chi connectivity index (χ2n) is 5.28. The van der Waals surface area contributed by atoms with E-state index in [1.165, 1.54) is 5.03 Å². The van der Waals surface area contributed by atoms with Gasteiger partial charge in [0.2, 0.25) is 5.91 Å². The number of carbonyl (C=O) groups excluding carboxylic acids is 1. The fourth-order valence-corrected chi connectivity index (χ4v) is 3.21. The Labute approximate surface area is 125 Å². The number of hydrogen-bond donors (Lipinski definition) is 2. The van der Waals surface area contributed by atoms with Gasteiger partial charge in [-0.15, -0.1) is 11.8 Å². The number of nitrogens with two attached hydrogens (primary N) is 1. The standard InChI is InChI=1S/C14H26N4OS/c1-5-16-14(3,13(15)19)8-6-7-9-20-12-10-11(2)17-18(12)4/h10,16H,5-9H2,1-4H3,(H2,15,19). The van der Waals surface area contributed by atoms with Crippen LogP contribution in [0.3, 0.4) is 0 Å². The van der Waals surface area contributed by atoms with Crippen molar-refractivity contribution in [1.82, 2.24) is 15.1 Å². The van der Waals surface area contributed by atoms with Gasteiger partial charge in [0.05, 0.1) is 16.3 Å². The SMILES string of the molecule is CCNC(C)(CCCCSc1cc(C)nn1C)C(N)=O. The number of unbranched alkanes of at least 4 members (excludes halogenated alkanes) is 1. The number of nitrogens with one attached hydrogen (secondary N) is 1. The Hall–Kier alpha value is -1.01. The lowest BCUT2D eigenvalue weighted by atomic mass is 9.94. The van der Waals surface area contributed by atoms with E-state index in [0.29, 0.717) is 0 Å². The summed E-state index contributed by atoms with van der Waals surface area (Å²) in [6, 6.07) is 2.09. The highest BCUT2D eigenvalue weighted by atomic mass is 32.2. The third-order valence-corrected chi connectivity index (χ3v) is 4.56. The van der Waals surface area contributed by atoms with Crippen molar-refractivity contribution in [3.63, 3.8) is 0 Å². The molecular weight excluding hydrogens is 272 g/mol. The van der Waals surface area contributed by atoms with Gasteiger partial charge in [0.15, 0.2) is 0 Å². The molecule has 1 rings (SSSR count). The molecule has 0 aliphatic rings. The monoisotopic (exact) mass is 298 g/mol. The van der Waals surface area contributed by atoms with E-state index in [4.69, 9.17) is 5.73 Å². The number of carbonyl (C=O) groups is 1. The molecule has 0 saturated carbocycles. The number of likely N-dealkylation sites (N-methyl/N-ethyl adjacent to an activating group) is 1. The summed E-state index contributed by atoms with van der Waals surface area (Å²) in [5.41, 5.74) is 5.93.